The summed E-state index contributed by atoms with van der Waals surface area (Å²) in [6, 6.07) is 0. The highest BCUT2D eigenvalue weighted by atomic mass is 14.2. The average molecular weight is 95.2 g/mol. The van der Waals surface area contributed by atoms with Crippen LogP contribution in [0.15, 0.2) is 6.08 Å². The maximum Gasteiger partial charge on any atom is -0.0101 e. The Morgan fingerprint density at radius 2 is 2.29 bits per heavy atom. The molecule has 0 nitrogen and oxygen atoms in total. The second-order valence-electron chi connectivity index (χ2n) is 2.77. The lowest BCUT2D eigenvalue weighted by Crippen LogP contribution is -2.00. The number of hydrogen-bond donors (Lipinski definition) is 0. The van der Waals surface area contributed by atoms with Crippen molar-refractivity contribution in [2.45, 2.75) is 26.7 Å². The lowest BCUT2D eigenvalue weighted by molar-refractivity contribution is 0.456. The van der Waals surface area contributed by atoms with Crippen LogP contribution in [0.2, 0.25) is 0 Å². The van der Waals surface area contributed by atoms with E-state index in [0.29, 0.717) is 5.41 Å². The van der Waals surface area contributed by atoms with Crippen LogP contribution in [0.5, 0.6) is 0 Å². The zero-order valence-corrected chi connectivity index (χ0v) is 4.99. The van der Waals surface area contributed by atoms with Crippen molar-refractivity contribution in [2.75, 3.05) is 0 Å². The predicted molar refractivity (Wildman–Crippen MR) is 30.8 cm³/mol. The van der Waals surface area contributed by atoms with Gasteiger partial charge in [0.1, 0.15) is 0 Å². The largest absolute Gasteiger partial charge is 0.0805 e. The molecule has 1 radical (unpaired) electrons. The fourth-order valence-electron chi connectivity index (χ4n) is 0.854. The quantitative estimate of drug-likeness (QED) is 0.432. The zero-order chi connectivity index (χ0) is 5.33. The summed E-state index contributed by atoms with van der Waals surface area (Å²) in [6.45, 7) is 4.44. The third-order valence-electron chi connectivity index (χ3n) is 1.41. The summed E-state index contributed by atoms with van der Waals surface area (Å²) in [5, 5.41) is 0. The van der Waals surface area contributed by atoms with Crippen LogP contribution in [-0.2, 0) is 0 Å². The van der Waals surface area contributed by atoms with Gasteiger partial charge in [-0.3, -0.25) is 0 Å². The molecule has 0 spiro atoms. The van der Waals surface area contributed by atoms with Gasteiger partial charge in [-0.2, -0.15) is 0 Å². The molecule has 0 fully saturated rings. The highest BCUT2D eigenvalue weighted by molar-refractivity contribution is 4.94. The van der Waals surface area contributed by atoms with Gasteiger partial charge in [0.15, 0.2) is 0 Å². The van der Waals surface area contributed by atoms with Crippen LogP contribution in [0.4, 0.5) is 0 Å². The minimum absolute atomic E-state index is 0.389. The van der Waals surface area contributed by atoms with Crippen molar-refractivity contribution in [3.63, 3.8) is 0 Å². The molecule has 1 aliphatic rings. The van der Waals surface area contributed by atoms with Gasteiger partial charge >= 0.3 is 0 Å². The highest BCUT2D eigenvalue weighted by Gasteiger charge is 2.16. The van der Waals surface area contributed by atoms with Gasteiger partial charge < -0.3 is 0 Å². The summed E-state index contributed by atoms with van der Waals surface area (Å²) >= 11 is 0. The second kappa shape index (κ2) is 1.36. The van der Waals surface area contributed by atoms with Gasteiger partial charge in [0.2, 0.25) is 0 Å². The fourth-order valence-corrected chi connectivity index (χ4v) is 0.854. The summed E-state index contributed by atoms with van der Waals surface area (Å²) in [5.74, 6) is 0. The Morgan fingerprint density at radius 3 is 2.43 bits per heavy atom. The Bertz CT molecular complexity index is 88.2. The van der Waals surface area contributed by atoms with Gasteiger partial charge in [0, 0.05) is 0 Å². The first kappa shape index (κ1) is 4.89. The molecule has 1 rings (SSSR count). The van der Waals surface area contributed by atoms with Crippen LogP contribution in [0.25, 0.3) is 0 Å². The Labute approximate surface area is 45.2 Å². The Morgan fingerprint density at radius 1 is 1.57 bits per heavy atom. The molecule has 1 aliphatic carbocycles. The minimum atomic E-state index is 0.389. The van der Waals surface area contributed by atoms with Crippen LogP contribution in [0.3, 0.4) is 0 Å². The van der Waals surface area contributed by atoms with E-state index in [1.807, 2.05) is 0 Å². The molecular weight excluding hydrogens is 84.1 g/mol. The van der Waals surface area contributed by atoms with E-state index in [9.17, 15) is 0 Å². The average Bonchev–Trinajstić information content (AvgIpc) is 1.84. The molecular formula is C7H11. The van der Waals surface area contributed by atoms with E-state index in [0.717, 1.165) is 0 Å². The van der Waals surface area contributed by atoms with E-state index in [1.165, 1.54) is 12.8 Å². The van der Waals surface area contributed by atoms with Gasteiger partial charge in [-0.25, -0.2) is 0 Å². The van der Waals surface area contributed by atoms with Crippen molar-refractivity contribution in [1.82, 2.24) is 0 Å². The molecule has 0 heteroatoms. The molecule has 0 atom stereocenters. The molecule has 0 heterocycles. The Kier molecular flexibility index (Phi) is 0.949. The van der Waals surface area contributed by atoms with E-state index >= 15 is 0 Å². The van der Waals surface area contributed by atoms with Crippen molar-refractivity contribution < 1.29 is 0 Å². The molecule has 0 aliphatic heterocycles. The molecule has 0 unspecified atom stereocenters. The van der Waals surface area contributed by atoms with Crippen molar-refractivity contribution in [3.8, 4) is 0 Å². The van der Waals surface area contributed by atoms with Gasteiger partial charge in [0.05, 0.1) is 0 Å². The van der Waals surface area contributed by atoms with Crippen LogP contribution in [0.1, 0.15) is 26.7 Å². The van der Waals surface area contributed by atoms with Crippen LogP contribution in [0, 0.1) is 11.5 Å². The molecule has 39 valence electrons. The van der Waals surface area contributed by atoms with Crippen molar-refractivity contribution in [1.29, 1.82) is 0 Å². The number of allylic oxidation sites excluding steroid dienone is 2. The molecule has 0 aromatic heterocycles. The maximum absolute atomic E-state index is 3.27. The highest BCUT2D eigenvalue weighted by Crippen LogP contribution is 2.28. The summed E-state index contributed by atoms with van der Waals surface area (Å²) in [4.78, 5) is 0. The lowest BCUT2D eigenvalue weighted by Gasteiger charge is -2.10. The standard InChI is InChI=1S/C7H11/c1-7(2)5-3-4-6-7/h3H,4,6H2,1-2H3. The SMILES string of the molecule is CC1(C)[C]=CCC1. The summed E-state index contributed by atoms with van der Waals surface area (Å²) in [6.07, 6.45) is 7.92. The number of rotatable bonds is 0. The predicted octanol–water partition coefficient (Wildman–Crippen LogP) is 2.17. The topological polar surface area (TPSA) is 0 Å². The molecule has 0 N–H and O–H groups in total. The maximum atomic E-state index is 3.27. The lowest BCUT2D eigenvalue weighted by atomic mass is 9.94. The molecule has 0 aromatic carbocycles. The Balaban J connectivity index is 2.57. The Hall–Kier alpha value is -0.260. The van der Waals surface area contributed by atoms with Gasteiger partial charge in [-0.05, 0) is 24.3 Å². The monoisotopic (exact) mass is 95.1 g/mol. The van der Waals surface area contributed by atoms with Gasteiger partial charge in [-0.1, -0.05) is 19.9 Å². The fraction of sp³-hybridized carbons (Fsp3) is 0.714. The first-order chi connectivity index (χ1) is 3.21. The third kappa shape index (κ3) is 1.05. The van der Waals surface area contributed by atoms with E-state index < -0.39 is 0 Å². The summed E-state index contributed by atoms with van der Waals surface area (Å²) in [7, 11) is 0. The molecule has 7 heavy (non-hydrogen) atoms. The van der Waals surface area contributed by atoms with Gasteiger partial charge in [-0.15, -0.1) is 0 Å². The molecule has 0 amide bonds. The molecule has 0 saturated carbocycles. The van der Waals surface area contributed by atoms with Crippen LogP contribution >= 0.6 is 0 Å². The van der Waals surface area contributed by atoms with Crippen LogP contribution in [-0.4, -0.2) is 0 Å². The molecule has 0 bridgehead atoms. The van der Waals surface area contributed by atoms with E-state index in [-0.39, 0.29) is 0 Å². The van der Waals surface area contributed by atoms with Crippen molar-refractivity contribution in [2.24, 2.45) is 5.41 Å². The van der Waals surface area contributed by atoms with E-state index in [2.05, 4.69) is 26.0 Å². The number of hydrogen-bond acceptors (Lipinski definition) is 0. The normalized spacial score (nSPS) is 26.0. The molecule has 0 saturated heterocycles. The second-order valence-corrected chi connectivity index (χ2v) is 2.77. The first-order valence-corrected chi connectivity index (χ1v) is 2.80. The van der Waals surface area contributed by atoms with Crippen molar-refractivity contribution in [3.05, 3.63) is 12.2 Å². The zero-order valence-electron chi connectivity index (χ0n) is 4.99. The van der Waals surface area contributed by atoms with Crippen LogP contribution < -0.4 is 0 Å². The summed E-state index contributed by atoms with van der Waals surface area (Å²) < 4.78 is 0. The van der Waals surface area contributed by atoms with E-state index in [4.69, 9.17) is 0 Å². The van der Waals surface area contributed by atoms with Crippen molar-refractivity contribution >= 4 is 0 Å². The third-order valence-corrected chi connectivity index (χ3v) is 1.41. The molecule has 0 aromatic rings. The first-order valence-electron chi connectivity index (χ1n) is 2.80. The van der Waals surface area contributed by atoms with Gasteiger partial charge in [0.25, 0.3) is 0 Å². The minimum Gasteiger partial charge on any atom is -0.0805 e. The smallest absolute Gasteiger partial charge is 0.0101 e. The van der Waals surface area contributed by atoms with E-state index in [1.54, 1.807) is 0 Å². The summed E-state index contributed by atoms with van der Waals surface area (Å²) in [5.41, 5.74) is 0.389.